The molecular weight excluding hydrogens is 759 g/mol. The summed E-state index contributed by atoms with van der Waals surface area (Å²) in [7, 11) is 0. The van der Waals surface area contributed by atoms with Crippen LogP contribution in [0.4, 0.5) is 11.5 Å². The number of anilines is 2. The molecular formula is C46H49N9O5. The number of nitrogens with one attached hydrogen (secondary N) is 2. The van der Waals surface area contributed by atoms with Crippen molar-refractivity contribution in [3.63, 3.8) is 0 Å². The smallest absolute Gasteiger partial charge is 0.255 e. The van der Waals surface area contributed by atoms with Crippen LogP contribution >= 0.6 is 0 Å². The van der Waals surface area contributed by atoms with Crippen LogP contribution in [0.3, 0.4) is 0 Å². The number of ether oxygens (including phenoxy) is 1. The molecule has 0 radical (unpaired) electrons. The highest BCUT2D eigenvalue weighted by Gasteiger charge is 2.69. The molecule has 4 aromatic rings. The van der Waals surface area contributed by atoms with Gasteiger partial charge in [-0.25, -0.2) is 4.98 Å². The van der Waals surface area contributed by atoms with E-state index in [1.165, 1.54) is 0 Å². The number of carbonyl (C=O) groups is 4. The second-order valence-corrected chi connectivity index (χ2v) is 18.2. The largest absolute Gasteiger partial charge is 0.488 e. The van der Waals surface area contributed by atoms with Crippen molar-refractivity contribution < 1.29 is 23.9 Å². The molecule has 4 amide bonds. The molecule has 5 aliphatic heterocycles. The first-order valence-corrected chi connectivity index (χ1v) is 21.2. The zero-order chi connectivity index (χ0) is 41.5. The van der Waals surface area contributed by atoms with E-state index in [1.807, 2.05) is 36.4 Å². The van der Waals surface area contributed by atoms with Crippen molar-refractivity contribution in [2.24, 2.45) is 11.3 Å². The maximum Gasteiger partial charge on any atom is 0.255 e. The van der Waals surface area contributed by atoms with Gasteiger partial charge in [0.25, 0.3) is 11.8 Å². The molecule has 60 heavy (non-hydrogen) atoms. The van der Waals surface area contributed by atoms with E-state index < -0.39 is 11.5 Å². The molecule has 0 spiro atoms. The van der Waals surface area contributed by atoms with Gasteiger partial charge in [0.2, 0.25) is 11.8 Å². The van der Waals surface area contributed by atoms with Gasteiger partial charge < -0.3 is 24.8 Å². The van der Waals surface area contributed by atoms with Gasteiger partial charge in [0.05, 0.1) is 28.1 Å². The van der Waals surface area contributed by atoms with E-state index in [0.717, 1.165) is 92.4 Å². The number of imide groups is 1. The summed E-state index contributed by atoms with van der Waals surface area (Å²) >= 11 is 0. The summed E-state index contributed by atoms with van der Waals surface area (Å²) in [6.45, 7) is 13.4. The molecule has 0 bridgehead atoms. The molecule has 4 fully saturated rings. The van der Waals surface area contributed by atoms with E-state index in [9.17, 15) is 24.4 Å². The highest BCUT2D eigenvalue weighted by molar-refractivity contribution is 6.05. The minimum absolute atomic E-state index is 0.143. The first-order valence-electron chi connectivity index (χ1n) is 21.2. The van der Waals surface area contributed by atoms with Crippen LogP contribution in [-0.2, 0) is 21.5 Å². The Balaban J connectivity index is 0.713. The monoisotopic (exact) mass is 807 g/mol. The number of nitriles is 1. The number of hydrogen-bond acceptors (Lipinski definition) is 11. The fourth-order valence-corrected chi connectivity index (χ4v) is 11.2. The molecule has 7 heterocycles. The first-order chi connectivity index (χ1) is 28.9. The molecule has 14 nitrogen and oxygen atoms in total. The SMILES string of the molecule is CC1(C)[C@H](NC(=O)c2ccc(N3CCC(CN4CCN(c5ccc6c(c5)CN([C@H]5CCC(=O)NC5=O)C6=O)CC4)CC3)nc2)C2(C)c3ccnc4c(C#N)ccc(c34)O[C@@H]12. The predicted molar refractivity (Wildman–Crippen MR) is 224 cm³/mol. The number of aromatic nitrogens is 2. The normalized spacial score (nSPS) is 26.1. The maximum atomic E-state index is 13.8. The number of fused-ring (bicyclic) bond motifs is 3. The van der Waals surface area contributed by atoms with E-state index in [4.69, 9.17) is 9.72 Å². The van der Waals surface area contributed by atoms with Crippen LogP contribution in [0, 0.1) is 22.7 Å². The molecule has 3 saturated heterocycles. The number of carbonyl (C=O) groups excluding carboxylic acids is 4. The zero-order valence-corrected chi connectivity index (χ0v) is 34.2. The van der Waals surface area contributed by atoms with Crippen LogP contribution in [0.25, 0.3) is 10.9 Å². The molecule has 2 aromatic carbocycles. The van der Waals surface area contributed by atoms with Crippen molar-refractivity contribution in [2.75, 3.05) is 55.6 Å². The second kappa shape index (κ2) is 14.3. The van der Waals surface area contributed by atoms with Gasteiger partial charge in [-0.05, 0) is 91.8 Å². The van der Waals surface area contributed by atoms with Crippen LogP contribution < -0.4 is 25.2 Å². The van der Waals surface area contributed by atoms with E-state index >= 15 is 0 Å². The number of nitrogens with zero attached hydrogens (tertiary/aromatic N) is 7. The Bertz CT molecular complexity index is 2480. The third-order valence-electron chi connectivity index (χ3n) is 14.3. The lowest BCUT2D eigenvalue weighted by Crippen LogP contribution is -2.78. The van der Waals surface area contributed by atoms with E-state index in [1.54, 1.807) is 23.4 Å². The van der Waals surface area contributed by atoms with E-state index in [-0.39, 0.29) is 47.6 Å². The summed E-state index contributed by atoms with van der Waals surface area (Å²) in [5, 5.41) is 16.3. The molecule has 10 rings (SSSR count). The number of amides is 4. The van der Waals surface area contributed by atoms with Gasteiger partial charge in [-0.3, -0.25) is 34.4 Å². The van der Waals surface area contributed by atoms with Gasteiger partial charge in [-0.1, -0.05) is 13.8 Å². The van der Waals surface area contributed by atoms with Gasteiger partial charge in [0, 0.05) is 93.2 Å². The zero-order valence-electron chi connectivity index (χ0n) is 34.2. The highest BCUT2D eigenvalue weighted by atomic mass is 16.5. The summed E-state index contributed by atoms with van der Waals surface area (Å²) < 4.78 is 6.58. The van der Waals surface area contributed by atoms with E-state index in [2.05, 4.69) is 63.2 Å². The number of benzene rings is 2. The fourth-order valence-electron chi connectivity index (χ4n) is 11.2. The Kier molecular flexibility index (Phi) is 9.09. The average molecular weight is 808 g/mol. The number of rotatable bonds is 7. The minimum Gasteiger partial charge on any atom is -0.488 e. The van der Waals surface area contributed by atoms with Crippen molar-refractivity contribution >= 4 is 46.0 Å². The molecule has 308 valence electrons. The average Bonchev–Trinajstić information content (AvgIpc) is 3.59. The lowest BCUT2D eigenvalue weighted by atomic mass is 9.45. The van der Waals surface area contributed by atoms with Crippen LogP contribution in [0.5, 0.6) is 5.75 Å². The molecule has 14 heteroatoms. The molecule has 6 aliphatic rings. The van der Waals surface area contributed by atoms with Crippen molar-refractivity contribution in [3.8, 4) is 11.8 Å². The molecule has 1 unspecified atom stereocenters. The number of piperidine rings is 2. The lowest BCUT2D eigenvalue weighted by Gasteiger charge is -2.66. The van der Waals surface area contributed by atoms with Gasteiger partial charge in [0.1, 0.15) is 29.8 Å². The number of piperazine rings is 1. The standard InChI is InChI=1S/C46H49N9O5/c1-45(2)43(46(3)33-12-15-48-39-28(23-47)4-9-35(38(33)39)60-44(45)46)51-40(57)29-5-10-36(49-24-29)54-16-13-27(14-17-54)25-52-18-20-53(21-19-52)31-6-7-32-30(22-31)26-55(42(32)59)34-8-11-37(56)50-41(34)58/h4-7,9-10,12,15,22,24,27,34,43-44H,8,11,13-14,16-21,25-26H2,1-3H3,(H,51,57)(H,50,56,58)/t34-,43-,44-,46?/m0/s1. The summed E-state index contributed by atoms with van der Waals surface area (Å²) in [4.78, 5) is 69.2. The van der Waals surface area contributed by atoms with Crippen LogP contribution in [-0.4, -0.2) is 107 Å². The topological polar surface area (TPSA) is 164 Å². The number of pyridine rings is 2. The molecule has 2 aromatic heterocycles. The van der Waals surface area contributed by atoms with Crippen LogP contribution in [0.15, 0.2) is 60.9 Å². The Labute approximate surface area is 348 Å². The van der Waals surface area contributed by atoms with Crippen LogP contribution in [0.1, 0.15) is 83.9 Å². The molecule has 1 aliphatic carbocycles. The summed E-state index contributed by atoms with van der Waals surface area (Å²) in [5.74, 6) is 1.23. The minimum atomic E-state index is -0.607. The van der Waals surface area contributed by atoms with Crippen molar-refractivity contribution in [1.82, 2.24) is 30.4 Å². The third kappa shape index (κ3) is 6.07. The lowest BCUT2D eigenvalue weighted by molar-refractivity contribution is -0.136. The van der Waals surface area contributed by atoms with Crippen LogP contribution in [0.2, 0.25) is 0 Å². The third-order valence-corrected chi connectivity index (χ3v) is 14.3. The van der Waals surface area contributed by atoms with Gasteiger partial charge >= 0.3 is 0 Å². The summed E-state index contributed by atoms with van der Waals surface area (Å²) in [6.07, 6.45) is 6.03. The summed E-state index contributed by atoms with van der Waals surface area (Å²) in [6, 6.07) is 16.9. The number of hydrogen-bond donors (Lipinski definition) is 2. The Hall–Kier alpha value is -6.07. The maximum absolute atomic E-state index is 13.8. The fraction of sp³-hybridized carbons (Fsp3) is 0.457. The molecule has 1 saturated carbocycles. The van der Waals surface area contributed by atoms with Gasteiger partial charge in [0.15, 0.2) is 0 Å². The highest BCUT2D eigenvalue weighted by Crippen LogP contribution is 2.61. The van der Waals surface area contributed by atoms with Crippen molar-refractivity contribution in [1.29, 1.82) is 5.26 Å². The Morgan fingerprint density at radius 1 is 0.950 bits per heavy atom. The molecule has 2 N–H and O–H groups in total. The first kappa shape index (κ1) is 38.2. The van der Waals surface area contributed by atoms with Gasteiger partial charge in [-0.2, -0.15) is 5.26 Å². The summed E-state index contributed by atoms with van der Waals surface area (Å²) in [5.41, 5.74) is 4.49. The van der Waals surface area contributed by atoms with E-state index in [0.29, 0.717) is 41.1 Å². The second-order valence-electron chi connectivity index (χ2n) is 18.2. The molecule has 4 atom stereocenters. The Morgan fingerprint density at radius 2 is 1.75 bits per heavy atom. The van der Waals surface area contributed by atoms with Crippen molar-refractivity contribution in [3.05, 3.63) is 88.7 Å². The quantitative estimate of drug-likeness (QED) is 0.258. The Morgan fingerprint density at radius 3 is 2.48 bits per heavy atom. The van der Waals surface area contributed by atoms with Crippen molar-refractivity contribution in [2.45, 2.75) is 76.6 Å². The van der Waals surface area contributed by atoms with Gasteiger partial charge in [-0.15, -0.1) is 0 Å². The predicted octanol–water partition coefficient (Wildman–Crippen LogP) is 4.16.